The molecular formula is C29H33FN2O5. The summed E-state index contributed by atoms with van der Waals surface area (Å²) in [5.41, 5.74) is 1.68. The van der Waals surface area contributed by atoms with E-state index in [0.29, 0.717) is 44.3 Å². The summed E-state index contributed by atoms with van der Waals surface area (Å²) in [4.78, 5) is 14.5. The minimum absolute atomic E-state index is 0.0161. The predicted octanol–water partition coefficient (Wildman–Crippen LogP) is 4.59. The van der Waals surface area contributed by atoms with Crippen LogP contribution < -0.4 is 24.4 Å². The molecule has 1 aliphatic rings. The van der Waals surface area contributed by atoms with Crippen molar-refractivity contribution in [3.05, 3.63) is 84.2 Å². The number of carbonyl (C=O) groups excluding carboxylic acids is 1. The van der Waals surface area contributed by atoms with E-state index >= 15 is 0 Å². The molecule has 37 heavy (non-hydrogen) atoms. The quantitative estimate of drug-likeness (QED) is 0.386. The maximum Gasteiger partial charge on any atom is 0.241 e. The summed E-state index contributed by atoms with van der Waals surface area (Å²) in [6.07, 6.45) is 0.647. The number of ether oxygens (including phenoxy) is 4. The summed E-state index contributed by atoms with van der Waals surface area (Å²) < 4.78 is 36.2. The average molecular weight is 509 g/mol. The smallest absolute Gasteiger partial charge is 0.241 e. The normalized spacial score (nSPS) is 16.4. The van der Waals surface area contributed by atoms with Crippen molar-refractivity contribution in [2.75, 3.05) is 38.3 Å². The number of piperazine rings is 1. The molecule has 1 unspecified atom stereocenters. The number of nitrogens with zero attached hydrogens (tertiary/aromatic N) is 1. The molecule has 1 heterocycles. The molecular weight excluding hydrogens is 475 g/mol. The Kier molecular flexibility index (Phi) is 9.35. The third-order valence-electron chi connectivity index (χ3n) is 6.09. The van der Waals surface area contributed by atoms with Crippen LogP contribution in [0.2, 0.25) is 0 Å². The SMILES string of the molecule is COc1ccccc1OC(C)CCOc1ccc(N2C(=O)CNC[C@@H]2COCc2ccc(F)cc2)cc1. The van der Waals surface area contributed by atoms with Crippen molar-refractivity contribution in [3.8, 4) is 17.2 Å². The van der Waals surface area contributed by atoms with Crippen molar-refractivity contribution < 1.29 is 28.1 Å². The van der Waals surface area contributed by atoms with Crippen molar-refractivity contribution in [1.29, 1.82) is 0 Å². The third-order valence-corrected chi connectivity index (χ3v) is 6.09. The number of methoxy groups -OCH3 is 1. The first-order valence-electron chi connectivity index (χ1n) is 12.4. The Morgan fingerprint density at radius 1 is 1.03 bits per heavy atom. The maximum atomic E-state index is 13.1. The van der Waals surface area contributed by atoms with Gasteiger partial charge in [0.15, 0.2) is 11.5 Å². The number of rotatable bonds is 12. The number of benzene rings is 3. The summed E-state index contributed by atoms with van der Waals surface area (Å²) >= 11 is 0. The molecule has 7 nitrogen and oxygen atoms in total. The first-order valence-corrected chi connectivity index (χ1v) is 12.4. The number of hydrogen-bond acceptors (Lipinski definition) is 6. The van der Waals surface area contributed by atoms with E-state index in [1.807, 2.05) is 55.5 Å². The number of amides is 1. The van der Waals surface area contributed by atoms with Gasteiger partial charge >= 0.3 is 0 Å². The van der Waals surface area contributed by atoms with E-state index in [9.17, 15) is 9.18 Å². The molecule has 0 aliphatic carbocycles. The molecule has 3 aromatic carbocycles. The highest BCUT2D eigenvalue weighted by molar-refractivity contribution is 5.96. The van der Waals surface area contributed by atoms with Crippen LogP contribution in [0.3, 0.4) is 0 Å². The number of nitrogens with one attached hydrogen (secondary N) is 1. The van der Waals surface area contributed by atoms with Crippen molar-refractivity contribution in [2.45, 2.75) is 32.1 Å². The number of halogens is 1. The minimum Gasteiger partial charge on any atom is -0.493 e. The molecule has 4 rings (SSSR count). The summed E-state index contributed by atoms with van der Waals surface area (Å²) in [5.74, 6) is 1.84. The van der Waals surface area contributed by atoms with E-state index in [0.717, 1.165) is 17.0 Å². The van der Waals surface area contributed by atoms with E-state index in [1.54, 1.807) is 24.1 Å². The molecule has 3 aromatic rings. The highest BCUT2D eigenvalue weighted by Gasteiger charge is 2.29. The van der Waals surface area contributed by atoms with Crippen LogP contribution in [0.4, 0.5) is 10.1 Å². The minimum atomic E-state index is -0.278. The first kappa shape index (κ1) is 26.4. The predicted molar refractivity (Wildman–Crippen MR) is 140 cm³/mol. The summed E-state index contributed by atoms with van der Waals surface area (Å²) in [5, 5.41) is 3.15. The number of anilines is 1. The summed E-state index contributed by atoms with van der Waals surface area (Å²) in [6, 6.07) is 21.1. The molecule has 0 spiro atoms. The van der Waals surface area contributed by atoms with Gasteiger partial charge in [-0.2, -0.15) is 0 Å². The second-order valence-corrected chi connectivity index (χ2v) is 8.90. The van der Waals surface area contributed by atoms with Crippen LogP contribution in [0.1, 0.15) is 18.9 Å². The molecule has 1 N–H and O–H groups in total. The highest BCUT2D eigenvalue weighted by Crippen LogP contribution is 2.27. The zero-order valence-electron chi connectivity index (χ0n) is 21.2. The second-order valence-electron chi connectivity index (χ2n) is 8.90. The van der Waals surface area contributed by atoms with Gasteiger partial charge in [-0.3, -0.25) is 4.79 Å². The lowest BCUT2D eigenvalue weighted by molar-refractivity contribution is -0.119. The van der Waals surface area contributed by atoms with Gasteiger partial charge in [0.2, 0.25) is 5.91 Å². The average Bonchev–Trinajstić information content (AvgIpc) is 2.91. The molecule has 0 radical (unpaired) electrons. The van der Waals surface area contributed by atoms with Crippen LogP contribution in [-0.4, -0.2) is 51.5 Å². The second kappa shape index (κ2) is 13.1. The molecule has 1 saturated heterocycles. The Morgan fingerprint density at radius 3 is 2.49 bits per heavy atom. The molecule has 0 saturated carbocycles. The van der Waals surface area contributed by atoms with Crippen LogP contribution in [0, 0.1) is 5.82 Å². The van der Waals surface area contributed by atoms with E-state index in [2.05, 4.69) is 5.32 Å². The van der Waals surface area contributed by atoms with Crippen LogP contribution >= 0.6 is 0 Å². The zero-order valence-corrected chi connectivity index (χ0v) is 21.2. The number of carbonyl (C=O) groups is 1. The fourth-order valence-electron chi connectivity index (χ4n) is 4.15. The molecule has 1 amide bonds. The van der Waals surface area contributed by atoms with E-state index < -0.39 is 0 Å². The first-order chi connectivity index (χ1) is 18.0. The molecule has 1 fully saturated rings. The van der Waals surface area contributed by atoms with E-state index in [4.69, 9.17) is 18.9 Å². The maximum absolute atomic E-state index is 13.1. The van der Waals surface area contributed by atoms with Gasteiger partial charge < -0.3 is 29.2 Å². The Morgan fingerprint density at radius 2 is 1.76 bits per heavy atom. The third kappa shape index (κ3) is 7.44. The number of para-hydroxylation sites is 2. The lowest BCUT2D eigenvalue weighted by Gasteiger charge is -2.36. The Labute approximate surface area is 217 Å². The monoisotopic (exact) mass is 508 g/mol. The molecule has 0 bridgehead atoms. The zero-order chi connectivity index (χ0) is 26.0. The summed E-state index contributed by atoms with van der Waals surface area (Å²) in [7, 11) is 1.62. The van der Waals surface area contributed by atoms with Gasteiger partial charge in [-0.15, -0.1) is 0 Å². The lowest BCUT2D eigenvalue weighted by atomic mass is 10.1. The molecule has 2 atom stereocenters. The fraction of sp³-hybridized carbons (Fsp3) is 0.345. The molecule has 8 heteroatoms. The van der Waals surface area contributed by atoms with Crippen LogP contribution in [0.15, 0.2) is 72.8 Å². The van der Waals surface area contributed by atoms with Gasteiger partial charge in [0, 0.05) is 18.7 Å². The van der Waals surface area contributed by atoms with Crippen molar-refractivity contribution in [2.24, 2.45) is 0 Å². The van der Waals surface area contributed by atoms with Gasteiger partial charge in [-0.25, -0.2) is 4.39 Å². The standard InChI is InChI=1S/C29H33FN2O5/c1-21(37-28-6-4-3-5-27(28)34-2)15-16-36-26-13-11-24(12-14-26)32-25(17-31-18-29(32)33)20-35-19-22-7-9-23(30)10-8-22/h3-14,21,25,31H,15-20H2,1-2H3/t21?,25-/m1/s1. The van der Waals surface area contributed by atoms with Crippen LogP contribution in [0.25, 0.3) is 0 Å². The fourth-order valence-corrected chi connectivity index (χ4v) is 4.15. The summed E-state index contributed by atoms with van der Waals surface area (Å²) in [6.45, 7) is 4.09. The van der Waals surface area contributed by atoms with Crippen molar-refractivity contribution in [3.63, 3.8) is 0 Å². The molecule has 196 valence electrons. The highest BCUT2D eigenvalue weighted by atomic mass is 19.1. The molecule has 1 aliphatic heterocycles. The topological polar surface area (TPSA) is 69.3 Å². The van der Waals surface area contributed by atoms with E-state index in [-0.39, 0.29) is 30.4 Å². The van der Waals surface area contributed by atoms with Crippen LogP contribution in [0.5, 0.6) is 17.2 Å². The van der Waals surface area contributed by atoms with Gasteiger partial charge in [0.1, 0.15) is 11.6 Å². The van der Waals surface area contributed by atoms with Crippen molar-refractivity contribution in [1.82, 2.24) is 5.32 Å². The molecule has 0 aromatic heterocycles. The Balaban J connectivity index is 1.27. The van der Waals surface area contributed by atoms with Crippen LogP contribution in [-0.2, 0) is 16.1 Å². The van der Waals surface area contributed by atoms with Gasteiger partial charge in [0.05, 0.1) is 45.6 Å². The Hall–Kier alpha value is -3.62. The van der Waals surface area contributed by atoms with Crippen molar-refractivity contribution >= 4 is 11.6 Å². The Bertz CT molecular complexity index is 1140. The van der Waals surface area contributed by atoms with Gasteiger partial charge in [0.25, 0.3) is 0 Å². The number of hydrogen-bond donors (Lipinski definition) is 1. The lowest BCUT2D eigenvalue weighted by Crippen LogP contribution is -2.57. The van der Waals surface area contributed by atoms with Gasteiger partial charge in [-0.1, -0.05) is 24.3 Å². The van der Waals surface area contributed by atoms with Gasteiger partial charge in [-0.05, 0) is 61.0 Å². The van der Waals surface area contributed by atoms with E-state index in [1.165, 1.54) is 12.1 Å². The largest absolute Gasteiger partial charge is 0.493 e.